The van der Waals surface area contributed by atoms with Gasteiger partial charge < -0.3 is 14.4 Å². The number of hydrogen-bond acceptors (Lipinski definition) is 4. The molecular weight excluding hydrogens is 383 g/mol. The molecule has 144 valence electrons. The van der Waals surface area contributed by atoms with Gasteiger partial charge in [0.15, 0.2) is 7.14 Å². The fourth-order valence-electron chi connectivity index (χ4n) is 3.28. The summed E-state index contributed by atoms with van der Waals surface area (Å²) in [7, 11) is -3.38. The highest BCUT2D eigenvalue weighted by molar-refractivity contribution is 7.85. The van der Waals surface area contributed by atoms with Gasteiger partial charge in [0, 0.05) is 16.3 Å². The van der Waals surface area contributed by atoms with E-state index in [0.717, 1.165) is 0 Å². The second-order valence-corrected chi connectivity index (χ2v) is 9.24. The normalized spacial score (nSPS) is 11.2. The van der Waals surface area contributed by atoms with Crippen LogP contribution in [0.2, 0.25) is 0 Å². The number of para-hydroxylation sites is 1. The highest BCUT2D eigenvalue weighted by Crippen LogP contribution is 2.44. The Hall–Kier alpha value is -3.43. The maximum absolute atomic E-state index is 14.6. The molecule has 6 heteroatoms. The lowest BCUT2D eigenvalue weighted by molar-refractivity contribution is 0.0989. The van der Waals surface area contributed by atoms with Crippen LogP contribution in [0.25, 0.3) is 0 Å². The molecule has 0 radical (unpaired) electrons. The Labute approximate surface area is 168 Å². The maximum Gasteiger partial charge on any atom is 0.295 e. The lowest BCUT2D eigenvalue weighted by atomic mass is 10.3. The Balaban J connectivity index is 1.88. The van der Waals surface area contributed by atoms with Crippen molar-refractivity contribution in [3.8, 4) is 0 Å². The molecule has 1 heterocycles. The number of aromatic nitrogens is 1. The molecule has 0 saturated carbocycles. The largest absolute Gasteiger partial charge is 0.350 e. The van der Waals surface area contributed by atoms with Crippen molar-refractivity contribution in [2.24, 2.45) is 0 Å². The van der Waals surface area contributed by atoms with Crippen molar-refractivity contribution < 1.29 is 13.9 Å². The zero-order chi connectivity index (χ0) is 20.3. The van der Waals surface area contributed by atoms with Gasteiger partial charge in [0.1, 0.15) is 0 Å². The fourth-order valence-corrected chi connectivity index (χ4v) is 6.20. The average Bonchev–Trinajstić information content (AvgIpc) is 3.17. The second-order valence-electron chi connectivity index (χ2n) is 6.55. The molecule has 0 fully saturated rings. The van der Waals surface area contributed by atoms with Gasteiger partial charge in [-0.2, -0.15) is 0 Å². The van der Waals surface area contributed by atoms with E-state index in [-0.39, 0.29) is 5.76 Å². The van der Waals surface area contributed by atoms with Crippen molar-refractivity contribution in [2.45, 2.75) is 6.92 Å². The number of rotatable bonds is 5. The number of carbonyl (C=O) groups is 1. The summed E-state index contributed by atoms with van der Waals surface area (Å²) in [4.78, 5) is 13.0. The van der Waals surface area contributed by atoms with Crippen molar-refractivity contribution in [3.05, 3.63) is 102 Å². The van der Waals surface area contributed by atoms with Crippen LogP contribution in [0, 0.1) is 6.92 Å². The van der Waals surface area contributed by atoms with E-state index in [0.29, 0.717) is 27.3 Å². The van der Waals surface area contributed by atoms with Crippen LogP contribution in [-0.2, 0) is 4.57 Å². The van der Waals surface area contributed by atoms with Crippen LogP contribution in [0.5, 0.6) is 0 Å². The summed E-state index contributed by atoms with van der Waals surface area (Å²) in [6.07, 6.45) is 0. The summed E-state index contributed by atoms with van der Waals surface area (Å²) in [5.41, 5.74) is 1.05. The molecule has 0 saturated heterocycles. The first-order chi connectivity index (χ1) is 14.1. The summed E-state index contributed by atoms with van der Waals surface area (Å²) >= 11 is 0. The molecule has 0 unspecified atom stereocenters. The van der Waals surface area contributed by atoms with Gasteiger partial charge in [-0.05, 0) is 19.1 Å². The third kappa shape index (κ3) is 3.53. The molecule has 1 amide bonds. The highest BCUT2D eigenvalue weighted by atomic mass is 31.2. The van der Waals surface area contributed by atoms with Gasteiger partial charge in [-0.15, -0.1) is 0 Å². The smallest absolute Gasteiger partial charge is 0.295 e. The molecule has 0 aliphatic heterocycles. The van der Waals surface area contributed by atoms with Crippen LogP contribution in [0.4, 0.5) is 5.69 Å². The molecule has 0 aliphatic rings. The van der Waals surface area contributed by atoms with Crippen LogP contribution in [-0.4, -0.2) is 11.1 Å². The highest BCUT2D eigenvalue weighted by Gasteiger charge is 2.38. The molecule has 0 aliphatic carbocycles. The molecule has 0 bridgehead atoms. The third-order valence-corrected chi connectivity index (χ3v) is 7.83. The van der Waals surface area contributed by atoms with Crippen LogP contribution < -0.4 is 21.2 Å². The van der Waals surface area contributed by atoms with Gasteiger partial charge in [-0.3, -0.25) is 4.79 Å². The van der Waals surface area contributed by atoms with E-state index < -0.39 is 13.0 Å². The Morgan fingerprint density at radius 2 is 1.31 bits per heavy atom. The first kappa shape index (κ1) is 18.9. The van der Waals surface area contributed by atoms with Crippen molar-refractivity contribution in [3.63, 3.8) is 0 Å². The van der Waals surface area contributed by atoms with E-state index in [2.05, 4.69) is 10.5 Å². The van der Waals surface area contributed by atoms with Crippen LogP contribution in [0.1, 0.15) is 16.2 Å². The summed E-state index contributed by atoms with van der Waals surface area (Å²) in [6.45, 7) is 1.71. The lowest BCUT2D eigenvalue weighted by Gasteiger charge is -2.19. The Bertz CT molecular complexity index is 1130. The predicted octanol–water partition coefficient (Wildman–Crippen LogP) is 3.87. The van der Waals surface area contributed by atoms with Crippen LogP contribution >= 0.6 is 7.14 Å². The van der Waals surface area contributed by atoms with Gasteiger partial charge in [-0.1, -0.05) is 84.0 Å². The van der Waals surface area contributed by atoms with Crippen LogP contribution in [0.3, 0.4) is 0 Å². The van der Waals surface area contributed by atoms with Crippen molar-refractivity contribution in [1.82, 2.24) is 5.16 Å². The average molecular weight is 402 g/mol. The third-order valence-electron chi connectivity index (χ3n) is 4.62. The van der Waals surface area contributed by atoms with Crippen LogP contribution in [0.15, 0.2) is 95.5 Å². The number of benzene rings is 3. The molecule has 4 rings (SSSR count). The van der Waals surface area contributed by atoms with Gasteiger partial charge in [-0.25, -0.2) is 0 Å². The molecule has 3 aromatic carbocycles. The molecule has 5 nitrogen and oxygen atoms in total. The fraction of sp³-hybridized carbons (Fsp3) is 0.0435. The summed E-state index contributed by atoms with van der Waals surface area (Å²) in [5.74, 6) is -0.527. The first-order valence-corrected chi connectivity index (χ1v) is 10.9. The zero-order valence-electron chi connectivity index (χ0n) is 15.8. The standard InChI is InChI=1S/C23H19N2O3P/c1-17-22(21(28-25-17)23(26)24-18-11-5-2-6-12-18)29(27,19-13-7-3-8-14-19)20-15-9-4-10-16-20/h2-16H,1H3,(H,24,26). The minimum atomic E-state index is -3.38. The molecule has 4 aromatic rings. The Kier molecular flexibility index (Phi) is 5.15. The molecule has 0 spiro atoms. The van der Waals surface area contributed by atoms with E-state index in [1.54, 1.807) is 43.3 Å². The molecule has 1 N–H and O–H groups in total. The SMILES string of the molecule is Cc1noc(C(=O)Nc2ccccc2)c1P(=O)(c1ccccc1)c1ccccc1. The minimum absolute atomic E-state index is 0.0395. The number of nitrogens with one attached hydrogen (secondary N) is 1. The Morgan fingerprint density at radius 3 is 1.83 bits per heavy atom. The molecule has 0 atom stereocenters. The minimum Gasteiger partial charge on any atom is -0.350 e. The van der Waals surface area contributed by atoms with Gasteiger partial charge in [0.05, 0.1) is 11.0 Å². The molecule has 1 aromatic heterocycles. The monoisotopic (exact) mass is 402 g/mol. The molecular formula is C23H19N2O3P. The summed E-state index contributed by atoms with van der Waals surface area (Å²) in [6, 6.07) is 27.3. The van der Waals surface area contributed by atoms with Gasteiger partial charge in [0.2, 0.25) is 5.76 Å². The van der Waals surface area contributed by atoms with E-state index in [1.165, 1.54) is 0 Å². The summed E-state index contributed by atoms with van der Waals surface area (Å²) in [5, 5.41) is 8.34. The van der Waals surface area contributed by atoms with E-state index in [4.69, 9.17) is 4.52 Å². The quantitative estimate of drug-likeness (QED) is 0.515. The van der Waals surface area contributed by atoms with E-state index >= 15 is 0 Å². The zero-order valence-corrected chi connectivity index (χ0v) is 16.7. The first-order valence-electron chi connectivity index (χ1n) is 9.15. The summed E-state index contributed by atoms with van der Waals surface area (Å²) < 4.78 is 20.0. The van der Waals surface area contributed by atoms with Crippen molar-refractivity contribution in [1.29, 1.82) is 0 Å². The number of aryl methyl sites for hydroxylation is 1. The second kappa shape index (κ2) is 7.90. The topological polar surface area (TPSA) is 72.2 Å². The predicted molar refractivity (Wildman–Crippen MR) is 115 cm³/mol. The van der Waals surface area contributed by atoms with Gasteiger partial charge in [0.25, 0.3) is 5.91 Å². The van der Waals surface area contributed by atoms with E-state index in [1.807, 2.05) is 54.6 Å². The number of nitrogens with zero attached hydrogens (tertiary/aromatic N) is 1. The maximum atomic E-state index is 14.6. The van der Waals surface area contributed by atoms with Gasteiger partial charge >= 0.3 is 0 Å². The number of anilines is 1. The van der Waals surface area contributed by atoms with E-state index in [9.17, 15) is 9.36 Å². The lowest BCUT2D eigenvalue weighted by Crippen LogP contribution is -2.30. The number of hydrogen-bond donors (Lipinski definition) is 1. The van der Waals surface area contributed by atoms with Crippen molar-refractivity contribution >= 4 is 34.7 Å². The van der Waals surface area contributed by atoms with Crippen molar-refractivity contribution in [2.75, 3.05) is 5.32 Å². The Morgan fingerprint density at radius 1 is 0.828 bits per heavy atom. The number of amides is 1. The molecule has 29 heavy (non-hydrogen) atoms. The number of carbonyl (C=O) groups excluding carboxylic acids is 1.